The Morgan fingerprint density at radius 1 is 1.44 bits per heavy atom. The van der Waals surface area contributed by atoms with Crippen molar-refractivity contribution in [3.05, 3.63) is 28.8 Å². The summed E-state index contributed by atoms with van der Waals surface area (Å²) in [6.07, 6.45) is 3.71. The number of hydrogen-bond donors (Lipinski definition) is 1. The lowest BCUT2D eigenvalue weighted by atomic mass is 9.96. The summed E-state index contributed by atoms with van der Waals surface area (Å²) in [6, 6.07) is 6.10. The lowest BCUT2D eigenvalue weighted by Gasteiger charge is -2.30. The Balaban J connectivity index is 2.18. The quantitative estimate of drug-likeness (QED) is 0.911. The van der Waals surface area contributed by atoms with Crippen LogP contribution in [-0.2, 0) is 4.74 Å². The van der Waals surface area contributed by atoms with Crippen molar-refractivity contribution >= 4 is 11.6 Å². The highest BCUT2D eigenvalue weighted by molar-refractivity contribution is 6.32. The maximum absolute atomic E-state index is 6.18. The van der Waals surface area contributed by atoms with Gasteiger partial charge in [0.05, 0.1) is 24.3 Å². The predicted octanol–water partition coefficient (Wildman–Crippen LogP) is 3.18. The summed E-state index contributed by atoms with van der Waals surface area (Å²) in [4.78, 5) is 0. The molecule has 0 spiro atoms. The van der Waals surface area contributed by atoms with Crippen LogP contribution in [0.15, 0.2) is 18.2 Å². The first kappa shape index (κ1) is 13.7. The molecule has 2 rings (SSSR count). The third-order valence-corrected chi connectivity index (χ3v) is 3.73. The summed E-state index contributed by atoms with van der Waals surface area (Å²) < 4.78 is 11.0. The molecule has 1 aromatic rings. The van der Waals surface area contributed by atoms with E-state index in [0.29, 0.717) is 10.8 Å². The van der Waals surface area contributed by atoms with Gasteiger partial charge in [-0.1, -0.05) is 17.7 Å². The molecule has 0 bridgehead atoms. The van der Waals surface area contributed by atoms with Crippen molar-refractivity contribution in [1.29, 1.82) is 0 Å². The molecule has 1 heterocycles. The van der Waals surface area contributed by atoms with Crippen LogP contribution in [0.5, 0.6) is 5.75 Å². The van der Waals surface area contributed by atoms with Crippen LogP contribution in [0.25, 0.3) is 0 Å². The summed E-state index contributed by atoms with van der Waals surface area (Å²) >= 11 is 6.18. The lowest BCUT2D eigenvalue weighted by Crippen LogP contribution is -2.34. The molecule has 3 nitrogen and oxygen atoms in total. The highest BCUT2D eigenvalue weighted by Crippen LogP contribution is 2.31. The fraction of sp³-hybridized carbons (Fsp3) is 0.571. The number of methoxy groups -OCH3 is 1. The van der Waals surface area contributed by atoms with E-state index in [1.807, 2.05) is 25.2 Å². The van der Waals surface area contributed by atoms with Crippen molar-refractivity contribution < 1.29 is 9.47 Å². The molecule has 0 aromatic heterocycles. The average Bonchev–Trinajstić information content (AvgIpc) is 2.41. The zero-order valence-corrected chi connectivity index (χ0v) is 11.7. The van der Waals surface area contributed by atoms with E-state index in [1.165, 1.54) is 6.42 Å². The van der Waals surface area contributed by atoms with Gasteiger partial charge in [0.15, 0.2) is 0 Å². The van der Waals surface area contributed by atoms with Crippen molar-refractivity contribution in [3.63, 3.8) is 0 Å². The van der Waals surface area contributed by atoms with Crippen LogP contribution in [-0.4, -0.2) is 26.9 Å². The Bertz CT molecular complexity index is 391. The van der Waals surface area contributed by atoms with Gasteiger partial charge in [0.1, 0.15) is 5.75 Å². The standard InChI is InChI=1S/C14H20ClNO2/c1-16-14(13-5-3-4-8-18-13)10-6-7-12(17-2)11(15)9-10/h6-7,9,13-14,16H,3-5,8H2,1-2H3. The lowest BCUT2D eigenvalue weighted by molar-refractivity contribution is -0.00662. The van der Waals surface area contributed by atoms with Crippen LogP contribution in [0.4, 0.5) is 0 Å². The van der Waals surface area contributed by atoms with Gasteiger partial charge in [0.25, 0.3) is 0 Å². The van der Waals surface area contributed by atoms with Gasteiger partial charge < -0.3 is 14.8 Å². The van der Waals surface area contributed by atoms with Crippen LogP contribution >= 0.6 is 11.6 Å². The Hall–Kier alpha value is -0.770. The first-order valence-electron chi connectivity index (χ1n) is 6.38. The van der Waals surface area contributed by atoms with Gasteiger partial charge in [-0.25, -0.2) is 0 Å². The number of rotatable bonds is 4. The molecule has 2 atom stereocenters. The Labute approximate surface area is 113 Å². The minimum Gasteiger partial charge on any atom is -0.495 e. The number of halogens is 1. The SMILES string of the molecule is CNC(c1ccc(OC)c(Cl)c1)C1CCCCO1. The van der Waals surface area contributed by atoms with E-state index in [9.17, 15) is 0 Å². The van der Waals surface area contributed by atoms with Crippen molar-refractivity contribution in [2.45, 2.75) is 31.4 Å². The molecule has 2 unspecified atom stereocenters. The van der Waals surface area contributed by atoms with Crippen LogP contribution in [0.1, 0.15) is 30.9 Å². The minimum atomic E-state index is 0.189. The number of likely N-dealkylation sites (N-methyl/N-ethyl adjacent to an activating group) is 1. The Morgan fingerprint density at radius 2 is 2.28 bits per heavy atom. The Kier molecular flexibility index (Phi) is 4.87. The zero-order chi connectivity index (χ0) is 13.0. The number of benzene rings is 1. The summed E-state index contributed by atoms with van der Waals surface area (Å²) in [5.74, 6) is 0.708. The fourth-order valence-corrected chi connectivity index (χ4v) is 2.74. The highest BCUT2D eigenvalue weighted by atomic mass is 35.5. The second-order valence-corrected chi connectivity index (χ2v) is 4.97. The van der Waals surface area contributed by atoms with Gasteiger partial charge in [0, 0.05) is 6.61 Å². The third-order valence-electron chi connectivity index (χ3n) is 3.43. The van der Waals surface area contributed by atoms with Crippen LogP contribution in [0.3, 0.4) is 0 Å². The molecule has 0 saturated carbocycles. The van der Waals surface area contributed by atoms with Crippen LogP contribution in [0.2, 0.25) is 5.02 Å². The third kappa shape index (κ3) is 2.97. The highest BCUT2D eigenvalue weighted by Gasteiger charge is 2.25. The molecule has 1 N–H and O–H groups in total. The van der Waals surface area contributed by atoms with E-state index in [4.69, 9.17) is 21.1 Å². The largest absolute Gasteiger partial charge is 0.495 e. The first-order chi connectivity index (χ1) is 8.76. The monoisotopic (exact) mass is 269 g/mol. The molecular weight excluding hydrogens is 250 g/mol. The molecule has 0 amide bonds. The van der Waals surface area contributed by atoms with Gasteiger partial charge in [-0.2, -0.15) is 0 Å². The fourth-order valence-electron chi connectivity index (χ4n) is 2.47. The van der Waals surface area contributed by atoms with Crippen LogP contribution in [0, 0.1) is 0 Å². The van der Waals surface area contributed by atoms with Gasteiger partial charge in [0.2, 0.25) is 0 Å². The van der Waals surface area contributed by atoms with E-state index < -0.39 is 0 Å². The van der Waals surface area contributed by atoms with E-state index in [0.717, 1.165) is 25.0 Å². The summed E-state index contributed by atoms with van der Waals surface area (Å²) in [6.45, 7) is 0.854. The maximum Gasteiger partial charge on any atom is 0.137 e. The Morgan fingerprint density at radius 3 is 2.83 bits per heavy atom. The number of hydrogen-bond acceptors (Lipinski definition) is 3. The van der Waals surface area contributed by atoms with Crippen LogP contribution < -0.4 is 10.1 Å². The molecular formula is C14H20ClNO2. The van der Waals surface area contributed by atoms with Gasteiger partial charge in [-0.3, -0.25) is 0 Å². The molecule has 100 valence electrons. The molecule has 1 aliphatic rings. The molecule has 1 aromatic carbocycles. The molecule has 0 aliphatic carbocycles. The van der Waals surface area contributed by atoms with Gasteiger partial charge >= 0.3 is 0 Å². The molecule has 18 heavy (non-hydrogen) atoms. The van der Waals surface area contributed by atoms with Crippen molar-refractivity contribution in [2.24, 2.45) is 0 Å². The minimum absolute atomic E-state index is 0.189. The van der Waals surface area contributed by atoms with Gasteiger partial charge in [-0.15, -0.1) is 0 Å². The van der Waals surface area contributed by atoms with E-state index >= 15 is 0 Å². The van der Waals surface area contributed by atoms with Crippen molar-refractivity contribution in [2.75, 3.05) is 20.8 Å². The normalized spacial score (nSPS) is 21.6. The molecule has 4 heteroatoms. The number of nitrogens with one attached hydrogen (secondary N) is 1. The molecule has 1 fully saturated rings. The van der Waals surface area contributed by atoms with Gasteiger partial charge in [-0.05, 0) is 44.0 Å². The molecule has 0 radical (unpaired) electrons. The second kappa shape index (κ2) is 6.41. The summed E-state index contributed by atoms with van der Waals surface area (Å²) in [7, 11) is 3.58. The summed E-state index contributed by atoms with van der Waals surface area (Å²) in [5.41, 5.74) is 1.15. The first-order valence-corrected chi connectivity index (χ1v) is 6.76. The van der Waals surface area contributed by atoms with E-state index in [-0.39, 0.29) is 12.1 Å². The van der Waals surface area contributed by atoms with E-state index in [2.05, 4.69) is 5.32 Å². The predicted molar refractivity (Wildman–Crippen MR) is 73.4 cm³/mol. The zero-order valence-electron chi connectivity index (χ0n) is 10.9. The van der Waals surface area contributed by atoms with Crippen molar-refractivity contribution in [1.82, 2.24) is 5.32 Å². The maximum atomic E-state index is 6.18. The molecule has 1 saturated heterocycles. The van der Waals surface area contributed by atoms with E-state index in [1.54, 1.807) is 7.11 Å². The number of ether oxygens (including phenoxy) is 2. The summed E-state index contributed by atoms with van der Waals surface area (Å²) in [5, 5.41) is 3.97. The molecule has 1 aliphatic heterocycles. The average molecular weight is 270 g/mol. The smallest absolute Gasteiger partial charge is 0.137 e. The second-order valence-electron chi connectivity index (χ2n) is 4.57. The van der Waals surface area contributed by atoms with Crippen molar-refractivity contribution in [3.8, 4) is 5.75 Å². The topological polar surface area (TPSA) is 30.5 Å².